The number of benzene rings is 4. The van der Waals surface area contributed by atoms with E-state index < -0.39 is 7.92 Å². The van der Waals surface area contributed by atoms with Gasteiger partial charge in [0.15, 0.2) is 17.2 Å². The Balaban J connectivity index is 0.000000616. The van der Waals surface area contributed by atoms with Crippen LogP contribution in [0.5, 0.6) is 23.0 Å². The maximum absolute atomic E-state index is 11.7. The van der Waals surface area contributed by atoms with E-state index >= 15 is 0 Å². The number of aromatic hydroxyl groups is 1. The van der Waals surface area contributed by atoms with E-state index in [1.54, 1.807) is 7.11 Å². The molecule has 0 aromatic heterocycles. The van der Waals surface area contributed by atoms with Crippen LogP contribution >= 0.6 is 7.92 Å². The second-order valence-electron chi connectivity index (χ2n) is 12.1. The van der Waals surface area contributed by atoms with E-state index in [1.165, 1.54) is 32.1 Å². The van der Waals surface area contributed by atoms with Crippen molar-refractivity contribution in [3.63, 3.8) is 0 Å². The zero-order valence-corrected chi connectivity index (χ0v) is 29.9. The van der Waals surface area contributed by atoms with Crippen molar-refractivity contribution in [1.82, 2.24) is 0 Å². The third-order valence-electron chi connectivity index (χ3n) is 7.76. The van der Waals surface area contributed by atoms with Crippen molar-refractivity contribution in [3.8, 4) is 23.0 Å². The molecule has 0 heterocycles. The second kappa shape index (κ2) is 18.1. The van der Waals surface area contributed by atoms with Gasteiger partial charge in [0, 0.05) is 29.5 Å². The fourth-order valence-electron chi connectivity index (χ4n) is 5.51. The summed E-state index contributed by atoms with van der Waals surface area (Å²) in [4.78, 5) is 0. The molecule has 45 heavy (non-hydrogen) atoms. The summed E-state index contributed by atoms with van der Waals surface area (Å²) in [6.07, 6.45) is 13.5. The Hall–Kier alpha value is -3.19. The minimum atomic E-state index is -1.74. The van der Waals surface area contributed by atoms with E-state index in [4.69, 9.17) is 9.47 Å². The summed E-state index contributed by atoms with van der Waals surface area (Å²) < 4.78 is 12.4. The standard InChI is InChI=1S/C31H33O3P.C8H13.CH3.Ni/c1-21-13-10-18-25(33-6)29(21)35(27-20-12-17-24(28(27)32)31(3,4)5)30-22(2)14-11-19-26(30)34-23-15-8-7-9-16-23;1-2-4-6-8-7-5-3-1;;/h7-20,32H,1-6H3;1-2,7H,3-6,8H2;1H3;/q;-1;+1;/p+1/b;2-1-;;. The Morgan fingerprint density at radius 1 is 0.733 bits per heavy atom. The molecule has 1 atom stereocenters. The topological polar surface area (TPSA) is 38.7 Å². The maximum Gasteiger partial charge on any atom is 0.170 e. The van der Waals surface area contributed by atoms with Crippen molar-refractivity contribution in [3.05, 3.63) is 128 Å². The molecule has 0 saturated carbocycles. The van der Waals surface area contributed by atoms with E-state index in [-0.39, 0.29) is 29.3 Å². The molecule has 5 rings (SSSR count). The van der Waals surface area contributed by atoms with Crippen molar-refractivity contribution in [1.29, 1.82) is 0 Å². The predicted octanol–water partition coefficient (Wildman–Crippen LogP) is 9.76. The SMILES string of the molecule is C1=C\CCC[CH-]CC/1.COc1cccc(C)c1[PH+](c1cccc(C(C)(C)C)c1O)c1c(C)cccc1Oc1ccccc1.[CH3+].[Ni]. The maximum atomic E-state index is 11.7. The third kappa shape index (κ3) is 9.90. The van der Waals surface area contributed by atoms with Gasteiger partial charge in [-0.25, -0.2) is 0 Å². The van der Waals surface area contributed by atoms with Crippen molar-refractivity contribution in [2.75, 3.05) is 7.11 Å². The Bertz CT molecular complexity index is 1500. The van der Waals surface area contributed by atoms with Crippen LogP contribution in [0.3, 0.4) is 0 Å². The van der Waals surface area contributed by atoms with Crippen LogP contribution < -0.4 is 25.4 Å². The quantitative estimate of drug-likeness (QED) is 0.0963. The summed E-state index contributed by atoms with van der Waals surface area (Å²) >= 11 is 0. The number of aryl methyl sites for hydroxylation is 2. The second-order valence-corrected chi connectivity index (χ2v) is 14.4. The van der Waals surface area contributed by atoms with Crippen LogP contribution in [-0.2, 0) is 21.9 Å². The van der Waals surface area contributed by atoms with Crippen LogP contribution in [0.25, 0.3) is 0 Å². The van der Waals surface area contributed by atoms with Gasteiger partial charge in [-0.05, 0) is 67.1 Å². The van der Waals surface area contributed by atoms with Gasteiger partial charge in [-0.3, -0.25) is 0 Å². The van der Waals surface area contributed by atoms with E-state index in [1.807, 2.05) is 60.7 Å². The van der Waals surface area contributed by atoms with Crippen LogP contribution in [0.1, 0.15) is 69.6 Å². The van der Waals surface area contributed by atoms with Crippen molar-refractivity contribution < 1.29 is 31.1 Å². The Labute approximate surface area is 283 Å². The van der Waals surface area contributed by atoms with Gasteiger partial charge in [-0.15, -0.1) is 0 Å². The summed E-state index contributed by atoms with van der Waals surface area (Å²) in [5, 5.41) is 14.8. The Morgan fingerprint density at radius 2 is 1.33 bits per heavy atom. The van der Waals surface area contributed by atoms with Gasteiger partial charge in [-0.2, -0.15) is 12.8 Å². The first-order valence-electron chi connectivity index (χ1n) is 15.4. The number of para-hydroxylation sites is 2. The van der Waals surface area contributed by atoms with E-state index in [0.717, 1.165) is 49.9 Å². The first-order valence-corrected chi connectivity index (χ1v) is 16.9. The average molecular weight is 669 g/mol. The Morgan fingerprint density at radius 3 is 1.98 bits per heavy atom. The monoisotopic (exact) mass is 667 g/mol. The van der Waals surface area contributed by atoms with Gasteiger partial charge >= 0.3 is 0 Å². The van der Waals surface area contributed by atoms with E-state index in [2.05, 4.69) is 77.5 Å². The van der Waals surface area contributed by atoms with Gasteiger partial charge in [0.25, 0.3) is 0 Å². The van der Waals surface area contributed by atoms with Crippen molar-refractivity contribution >= 4 is 23.8 Å². The normalized spacial score (nSPS) is 14.2. The minimum Gasteiger partial charge on any atom is -0.504 e. The molecule has 0 bridgehead atoms. The number of methoxy groups -OCH3 is 1. The molecular formula is C40H50NiO3P+. The number of phenolic OH excluding ortho intramolecular Hbond substituents is 1. The van der Waals surface area contributed by atoms with Gasteiger partial charge in [0.05, 0.1) is 7.11 Å². The first-order chi connectivity index (χ1) is 20.7. The van der Waals surface area contributed by atoms with E-state index in [0.29, 0.717) is 5.75 Å². The smallest absolute Gasteiger partial charge is 0.170 e. The molecule has 3 nitrogen and oxygen atoms in total. The molecule has 242 valence electrons. The van der Waals surface area contributed by atoms with Crippen LogP contribution in [0.15, 0.2) is 97.1 Å². The molecule has 4 aromatic rings. The molecule has 1 aliphatic rings. The largest absolute Gasteiger partial charge is 0.504 e. The summed E-state index contributed by atoms with van der Waals surface area (Å²) in [6.45, 7) is 10.6. The molecular weight excluding hydrogens is 618 g/mol. The predicted molar refractivity (Wildman–Crippen MR) is 192 cm³/mol. The van der Waals surface area contributed by atoms with Gasteiger partial charge in [-0.1, -0.05) is 100 Å². The number of phenols is 1. The molecule has 1 unspecified atom stereocenters. The van der Waals surface area contributed by atoms with Crippen molar-refractivity contribution in [2.45, 2.75) is 72.1 Å². The summed E-state index contributed by atoms with van der Waals surface area (Å²) in [6, 6.07) is 28.3. The van der Waals surface area contributed by atoms with E-state index in [9.17, 15) is 5.11 Å². The summed E-state index contributed by atoms with van der Waals surface area (Å²) in [5.41, 5.74) is 2.99. The third-order valence-corrected chi connectivity index (χ3v) is 11.0. The van der Waals surface area contributed by atoms with Crippen LogP contribution in [-0.4, -0.2) is 12.2 Å². The van der Waals surface area contributed by atoms with Gasteiger partial charge in [0.1, 0.15) is 29.6 Å². The molecule has 0 fully saturated rings. The molecule has 0 spiro atoms. The molecule has 1 aliphatic carbocycles. The van der Waals surface area contributed by atoms with Crippen LogP contribution in [0, 0.1) is 27.7 Å². The van der Waals surface area contributed by atoms with Gasteiger partial charge in [0.2, 0.25) is 0 Å². The number of hydrogen-bond donors (Lipinski definition) is 1. The Kier molecular flexibility index (Phi) is 15.3. The number of rotatable bonds is 6. The zero-order chi connectivity index (χ0) is 30.8. The van der Waals surface area contributed by atoms with Crippen molar-refractivity contribution in [2.24, 2.45) is 0 Å². The van der Waals surface area contributed by atoms with Gasteiger partial charge < -0.3 is 21.0 Å². The average Bonchev–Trinajstić information content (AvgIpc) is 2.96. The summed E-state index contributed by atoms with van der Waals surface area (Å²) in [5.74, 6) is 2.77. The summed E-state index contributed by atoms with van der Waals surface area (Å²) in [7, 11) is -0.0291. The fraction of sp³-hybridized carbons (Fsp3) is 0.300. The minimum absolute atomic E-state index is 0. The van der Waals surface area contributed by atoms with Crippen LogP contribution in [0.4, 0.5) is 0 Å². The number of allylic oxidation sites excluding steroid dienone is 2. The number of hydrogen-bond acceptors (Lipinski definition) is 3. The molecule has 4 aromatic carbocycles. The first kappa shape index (κ1) is 38.0. The molecule has 0 saturated heterocycles. The molecule has 0 radical (unpaired) electrons. The number of ether oxygens (including phenoxy) is 2. The molecule has 1 N–H and O–H groups in total. The zero-order valence-electron chi connectivity index (χ0n) is 27.9. The molecule has 5 heteroatoms. The molecule has 0 amide bonds. The fourth-order valence-corrected chi connectivity index (χ4v) is 8.70. The molecule has 0 aliphatic heterocycles. The van der Waals surface area contributed by atoms with Crippen LogP contribution in [0.2, 0.25) is 0 Å².